The Morgan fingerprint density at radius 1 is 1.32 bits per heavy atom. The zero-order chi connectivity index (χ0) is 13.8. The van der Waals surface area contributed by atoms with E-state index in [0.29, 0.717) is 12.2 Å². The van der Waals surface area contributed by atoms with Gasteiger partial charge in [-0.25, -0.2) is 9.48 Å². The van der Waals surface area contributed by atoms with Crippen molar-refractivity contribution in [1.29, 1.82) is 0 Å². The molecule has 1 atom stereocenters. The third-order valence-electron chi connectivity index (χ3n) is 2.91. The van der Waals surface area contributed by atoms with Crippen molar-refractivity contribution in [3.05, 3.63) is 41.7 Å². The second-order valence-electron chi connectivity index (χ2n) is 4.73. The van der Waals surface area contributed by atoms with Gasteiger partial charge < -0.3 is 5.11 Å². The minimum atomic E-state index is -0.920. The second-order valence-corrected chi connectivity index (χ2v) is 4.73. The molecule has 0 saturated heterocycles. The van der Waals surface area contributed by atoms with Crippen LogP contribution >= 0.6 is 0 Å². The summed E-state index contributed by atoms with van der Waals surface area (Å²) < 4.78 is 1.40. The Balaban J connectivity index is 2.29. The molecular formula is C13H16N4O2. The van der Waals surface area contributed by atoms with E-state index in [9.17, 15) is 9.90 Å². The van der Waals surface area contributed by atoms with Gasteiger partial charge in [0.05, 0.1) is 0 Å². The van der Waals surface area contributed by atoms with E-state index < -0.39 is 12.0 Å². The van der Waals surface area contributed by atoms with Crippen LogP contribution in [0.15, 0.2) is 30.3 Å². The molecular weight excluding hydrogens is 244 g/mol. The lowest BCUT2D eigenvalue weighted by atomic mass is 10.0. The predicted octanol–water partition coefficient (Wildman–Crippen LogP) is 1.55. The molecule has 1 aromatic carbocycles. The Bertz CT molecular complexity index is 551. The molecule has 0 aliphatic heterocycles. The van der Waals surface area contributed by atoms with Crippen molar-refractivity contribution < 1.29 is 9.90 Å². The smallest absolute Gasteiger partial charge is 0.328 e. The molecule has 0 radical (unpaired) electrons. The first-order valence-electron chi connectivity index (χ1n) is 6.13. The minimum Gasteiger partial charge on any atom is -0.480 e. The van der Waals surface area contributed by atoms with Crippen LogP contribution in [0.5, 0.6) is 0 Å². The Morgan fingerprint density at radius 3 is 2.58 bits per heavy atom. The maximum Gasteiger partial charge on any atom is 0.328 e. The predicted molar refractivity (Wildman–Crippen MR) is 68.6 cm³/mol. The highest BCUT2D eigenvalue weighted by atomic mass is 16.4. The molecule has 1 heterocycles. The van der Waals surface area contributed by atoms with Crippen LogP contribution in [-0.2, 0) is 11.2 Å². The van der Waals surface area contributed by atoms with Crippen molar-refractivity contribution in [3.63, 3.8) is 0 Å². The van der Waals surface area contributed by atoms with E-state index in [-0.39, 0.29) is 5.92 Å². The molecule has 1 N–H and O–H groups in total. The third-order valence-corrected chi connectivity index (χ3v) is 2.91. The summed E-state index contributed by atoms with van der Waals surface area (Å²) in [5.41, 5.74) is 1.05. The summed E-state index contributed by atoms with van der Waals surface area (Å²) in [6.07, 6.45) is 0.518. The largest absolute Gasteiger partial charge is 0.480 e. The molecule has 6 nitrogen and oxygen atoms in total. The van der Waals surface area contributed by atoms with Gasteiger partial charge in [0.1, 0.15) is 0 Å². The number of tetrazole rings is 1. The number of hydrogen-bond acceptors (Lipinski definition) is 4. The first-order valence-corrected chi connectivity index (χ1v) is 6.13. The summed E-state index contributed by atoms with van der Waals surface area (Å²) in [5.74, 6) is -0.445. The Hall–Kier alpha value is -2.24. The molecule has 0 spiro atoms. The average molecular weight is 260 g/mol. The zero-order valence-electron chi connectivity index (χ0n) is 10.9. The van der Waals surface area contributed by atoms with Crippen LogP contribution in [0, 0.1) is 5.92 Å². The standard InChI is InChI=1S/C13H16N4O2/c1-9(2)12(13(18)19)17-11(14-15-16-17)8-10-6-4-3-5-7-10/h3-7,9,12H,8H2,1-2H3,(H,18,19). The summed E-state index contributed by atoms with van der Waals surface area (Å²) in [6, 6.07) is 8.98. The van der Waals surface area contributed by atoms with E-state index in [1.807, 2.05) is 44.2 Å². The summed E-state index contributed by atoms with van der Waals surface area (Å²) >= 11 is 0. The van der Waals surface area contributed by atoms with Gasteiger partial charge in [0.25, 0.3) is 0 Å². The van der Waals surface area contributed by atoms with Crippen LogP contribution in [0.1, 0.15) is 31.3 Å². The van der Waals surface area contributed by atoms with Gasteiger partial charge >= 0.3 is 5.97 Å². The van der Waals surface area contributed by atoms with Crippen LogP contribution in [0.3, 0.4) is 0 Å². The molecule has 0 aliphatic rings. The highest BCUT2D eigenvalue weighted by molar-refractivity contribution is 5.72. The van der Waals surface area contributed by atoms with E-state index in [2.05, 4.69) is 15.5 Å². The number of aliphatic carboxylic acids is 1. The van der Waals surface area contributed by atoms with Crippen molar-refractivity contribution in [3.8, 4) is 0 Å². The van der Waals surface area contributed by atoms with Gasteiger partial charge in [-0.05, 0) is 21.9 Å². The van der Waals surface area contributed by atoms with Gasteiger partial charge in [-0.3, -0.25) is 0 Å². The zero-order valence-corrected chi connectivity index (χ0v) is 10.9. The summed E-state index contributed by atoms with van der Waals surface area (Å²) in [4.78, 5) is 11.3. The number of hydrogen-bond donors (Lipinski definition) is 1. The molecule has 0 amide bonds. The van der Waals surface area contributed by atoms with Crippen LogP contribution in [0.4, 0.5) is 0 Å². The first-order chi connectivity index (χ1) is 9.09. The fourth-order valence-electron chi connectivity index (χ4n) is 2.00. The maximum absolute atomic E-state index is 11.3. The lowest BCUT2D eigenvalue weighted by molar-refractivity contribution is -0.142. The third kappa shape index (κ3) is 2.96. The molecule has 1 unspecified atom stereocenters. The molecule has 2 rings (SSSR count). The Labute approximate surface area is 111 Å². The molecule has 100 valence electrons. The average Bonchev–Trinajstić information content (AvgIpc) is 2.78. The van der Waals surface area contributed by atoms with Crippen molar-refractivity contribution >= 4 is 5.97 Å². The van der Waals surface area contributed by atoms with Crippen LogP contribution in [-0.4, -0.2) is 31.3 Å². The van der Waals surface area contributed by atoms with E-state index in [1.165, 1.54) is 4.68 Å². The van der Waals surface area contributed by atoms with Crippen molar-refractivity contribution in [2.45, 2.75) is 26.3 Å². The molecule has 0 saturated carbocycles. The highest BCUT2D eigenvalue weighted by Crippen LogP contribution is 2.19. The van der Waals surface area contributed by atoms with Gasteiger partial charge in [0, 0.05) is 6.42 Å². The number of rotatable bonds is 5. The fourth-order valence-corrected chi connectivity index (χ4v) is 2.00. The second kappa shape index (κ2) is 5.60. The fraction of sp³-hybridized carbons (Fsp3) is 0.385. The number of carboxylic acid groups (broad SMARTS) is 1. The number of aromatic nitrogens is 4. The maximum atomic E-state index is 11.3. The molecule has 19 heavy (non-hydrogen) atoms. The number of carboxylic acids is 1. The van der Waals surface area contributed by atoms with Crippen molar-refractivity contribution in [2.75, 3.05) is 0 Å². The van der Waals surface area contributed by atoms with Gasteiger partial charge in [-0.1, -0.05) is 44.2 Å². The minimum absolute atomic E-state index is 0.0875. The monoisotopic (exact) mass is 260 g/mol. The normalized spacial score (nSPS) is 12.6. The number of benzene rings is 1. The SMILES string of the molecule is CC(C)C(C(=O)O)n1nnnc1Cc1ccccc1. The quantitative estimate of drug-likeness (QED) is 0.882. The summed E-state index contributed by atoms with van der Waals surface area (Å²) in [6.45, 7) is 3.68. The topological polar surface area (TPSA) is 80.9 Å². The lowest BCUT2D eigenvalue weighted by Gasteiger charge is -2.17. The summed E-state index contributed by atoms with van der Waals surface area (Å²) in [5, 5.41) is 20.7. The lowest BCUT2D eigenvalue weighted by Crippen LogP contribution is -2.27. The number of carbonyl (C=O) groups is 1. The molecule has 6 heteroatoms. The van der Waals surface area contributed by atoms with Crippen LogP contribution < -0.4 is 0 Å². The van der Waals surface area contributed by atoms with E-state index in [0.717, 1.165) is 5.56 Å². The van der Waals surface area contributed by atoms with Gasteiger partial charge in [-0.2, -0.15) is 0 Å². The summed E-state index contributed by atoms with van der Waals surface area (Å²) in [7, 11) is 0. The number of nitrogens with zero attached hydrogens (tertiary/aromatic N) is 4. The Kier molecular flexibility index (Phi) is 3.89. The van der Waals surface area contributed by atoms with Gasteiger partial charge in [0.15, 0.2) is 11.9 Å². The Morgan fingerprint density at radius 2 is 2.00 bits per heavy atom. The molecule has 0 bridgehead atoms. The highest BCUT2D eigenvalue weighted by Gasteiger charge is 2.27. The molecule has 2 aromatic rings. The van der Waals surface area contributed by atoms with E-state index in [4.69, 9.17) is 0 Å². The van der Waals surface area contributed by atoms with Crippen LogP contribution in [0.2, 0.25) is 0 Å². The molecule has 0 aliphatic carbocycles. The molecule has 1 aromatic heterocycles. The first kappa shape index (κ1) is 13.2. The van der Waals surface area contributed by atoms with Gasteiger partial charge in [-0.15, -0.1) is 5.10 Å². The van der Waals surface area contributed by atoms with Gasteiger partial charge in [0.2, 0.25) is 0 Å². The van der Waals surface area contributed by atoms with Crippen molar-refractivity contribution in [1.82, 2.24) is 20.2 Å². The van der Waals surface area contributed by atoms with E-state index >= 15 is 0 Å². The van der Waals surface area contributed by atoms with Crippen LogP contribution in [0.25, 0.3) is 0 Å². The van der Waals surface area contributed by atoms with E-state index in [1.54, 1.807) is 0 Å². The molecule has 0 fully saturated rings. The van der Waals surface area contributed by atoms with Crippen molar-refractivity contribution in [2.24, 2.45) is 5.92 Å².